The number of thiophene rings is 1. The molecule has 0 bridgehead atoms. The molecule has 1 heterocycles. The zero-order chi connectivity index (χ0) is 12.3. The maximum absolute atomic E-state index is 10.2. The maximum Gasteiger partial charge on any atom is 0.161 e. The molecule has 0 aliphatic rings. The molecule has 0 unspecified atom stereocenters. The summed E-state index contributed by atoms with van der Waals surface area (Å²) in [6.07, 6.45) is -0.616. The van der Waals surface area contributed by atoms with Gasteiger partial charge in [0.2, 0.25) is 0 Å². The summed E-state index contributed by atoms with van der Waals surface area (Å²) >= 11 is 1.53. The van der Waals surface area contributed by atoms with Gasteiger partial charge in [0.15, 0.2) is 11.5 Å². The van der Waals surface area contributed by atoms with E-state index in [-0.39, 0.29) is 0 Å². The standard InChI is InChI=1S/C13H14O3S/c1-15-10-6-5-9(8-11(10)16-2)13(14)12-4-3-7-17-12/h3-8,13-14H,1-2H3/t13-/m1/s1. The van der Waals surface area contributed by atoms with E-state index in [9.17, 15) is 5.11 Å². The van der Waals surface area contributed by atoms with E-state index >= 15 is 0 Å². The number of aliphatic hydroxyl groups excluding tert-OH is 1. The molecule has 0 saturated heterocycles. The lowest BCUT2D eigenvalue weighted by Crippen LogP contribution is -1.99. The van der Waals surface area contributed by atoms with Gasteiger partial charge in [-0.2, -0.15) is 0 Å². The van der Waals surface area contributed by atoms with Gasteiger partial charge in [0, 0.05) is 4.88 Å². The zero-order valence-corrected chi connectivity index (χ0v) is 10.5. The first-order chi connectivity index (χ1) is 8.26. The summed E-state index contributed by atoms with van der Waals surface area (Å²) in [7, 11) is 3.17. The molecule has 0 aliphatic carbocycles. The monoisotopic (exact) mass is 250 g/mol. The Balaban J connectivity index is 2.33. The molecule has 4 heteroatoms. The molecule has 90 valence electrons. The van der Waals surface area contributed by atoms with E-state index in [1.165, 1.54) is 11.3 Å². The Kier molecular flexibility index (Phi) is 3.66. The van der Waals surface area contributed by atoms with Gasteiger partial charge in [-0.05, 0) is 29.1 Å². The molecule has 0 amide bonds. The molecule has 1 atom stereocenters. The third kappa shape index (κ3) is 2.43. The van der Waals surface area contributed by atoms with Crippen LogP contribution in [-0.2, 0) is 0 Å². The summed E-state index contributed by atoms with van der Waals surface area (Å²) in [6.45, 7) is 0. The number of ether oxygens (including phenoxy) is 2. The molecule has 1 aromatic carbocycles. The predicted octanol–water partition coefficient (Wildman–Crippen LogP) is 2.85. The topological polar surface area (TPSA) is 38.7 Å². The van der Waals surface area contributed by atoms with Gasteiger partial charge >= 0.3 is 0 Å². The summed E-state index contributed by atoms with van der Waals surface area (Å²) < 4.78 is 10.4. The van der Waals surface area contributed by atoms with Gasteiger partial charge in [-0.25, -0.2) is 0 Å². The van der Waals surface area contributed by atoms with Crippen LogP contribution >= 0.6 is 11.3 Å². The van der Waals surface area contributed by atoms with Crippen molar-refractivity contribution in [1.82, 2.24) is 0 Å². The summed E-state index contributed by atoms with van der Waals surface area (Å²) in [4.78, 5) is 0.914. The van der Waals surface area contributed by atoms with Crippen molar-refractivity contribution in [2.24, 2.45) is 0 Å². The van der Waals surface area contributed by atoms with Gasteiger partial charge in [0.1, 0.15) is 6.10 Å². The highest BCUT2D eigenvalue weighted by atomic mass is 32.1. The molecular formula is C13H14O3S. The third-order valence-corrected chi connectivity index (χ3v) is 3.46. The first kappa shape index (κ1) is 12.0. The van der Waals surface area contributed by atoms with Gasteiger partial charge in [0.05, 0.1) is 14.2 Å². The number of methoxy groups -OCH3 is 2. The van der Waals surface area contributed by atoms with Crippen molar-refractivity contribution in [3.63, 3.8) is 0 Å². The van der Waals surface area contributed by atoms with Crippen LogP contribution in [0.25, 0.3) is 0 Å². The van der Waals surface area contributed by atoms with Crippen molar-refractivity contribution in [3.05, 3.63) is 46.2 Å². The molecule has 3 nitrogen and oxygen atoms in total. The second-order valence-electron chi connectivity index (χ2n) is 3.53. The Morgan fingerprint density at radius 2 is 1.88 bits per heavy atom. The van der Waals surface area contributed by atoms with Crippen molar-refractivity contribution >= 4 is 11.3 Å². The summed E-state index contributed by atoms with van der Waals surface area (Å²) in [5, 5.41) is 12.1. The van der Waals surface area contributed by atoms with Crippen molar-refractivity contribution in [1.29, 1.82) is 0 Å². The average molecular weight is 250 g/mol. The van der Waals surface area contributed by atoms with E-state index in [4.69, 9.17) is 9.47 Å². The lowest BCUT2D eigenvalue weighted by atomic mass is 10.1. The van der Waals surface area contributed by atoms with Gasteiger partial charge in [-0.1, -0.05) is 12.1 Å². The first-order valence-electron chi connectivity index (χ1n) is 5.19. The Morgan fingerprint density at radius 3 is 2.47 bits per heavy atom. The first-order valence-corrected chi connectivity index (χ1v) is 6.07. The van der Waals surface area contributed by atoms with Crippen molar-refractivity contribution in [3.8, 4) is 11.5 Å². The number of aliphatic hydroxyl groups is 1. The van der Waals surface area contributed by atoms with E-state index in [1.807, 2.05) is 23.6 Å². The van der Waals surface area contributed by atoms with Gasteiger partial charge < -0.3 is 14.6 Å². The van der Waals surface area contributed by atoms with E-state index in [1.54, 1.807) is 26.4 Å². The van der Waals surface area contributed by atoms with E-state index < -0.39 is 6.10 Å². The van der Waals surface area contributed by atoms with E-state index in [0.29, 0.717) is 11.5 Å². The van der Waals surface area contributed by atoms with E-state index in [0.717, 1.165) is 10.4 Å². The second kappa shape index (κ2) is 5.21. The SMILES string of the molecule is COc1ccc([C@@H](O)c2cccs2)cc1OC. The Labute approximate surface area is 104 Å². The van der Waals surface area contributed by atoms with Crippen LogP contribution in [0.15, 0.2) is 35.7 Å². The van der Waals surface area contributed by atoms with Gasteiger partial charge in [-0.15, -0.1) is 11.3 Å². The Morgan fingerprint density at radius 1 is 1.12 bits per heavy atom. The lowest BCUT2D eigenvalue weighted by molar-refractivity contribution is 0.223. The Bertz CT molecular complexity index is 479. The molecule has 1 N–H and O–H groups in total. The van der Waals surface area contributed by atoms with Crippen LogP contribution in [0.5, 0.6) is 11.5 Å². The van der Waals surface area contributed by atoms with Crippen LogP contribution in [0.2, 0.25) is 0 Å². The number of hydrogen-bond acceptors (Lipinski definition) is 4. The van der Waals surface area contributed by atoms with Gasteiger partial charge in [0.25, 0.3) is 0 Å². The highest BCUT2D eigenvalue weighted by Crippen LogP contribution is 2.33. The largest absolute Gasteiger partial charge is 0.493 e. The minimum atomic E-state index is -0.616. The predicted molar refractivity (Wildman–Crippen MR) is 67.9 cm³/mol. The second-order valence-corrected chi connectivity index (χ2v) is 4.51. The molecule has 0 saturated carbocycles. The van der Waals surface area contributed by atoms with Crippen LogP contribution in [0.4, 0.5) is 0 Å². The smallest absolute Gasteiger partial charge is 0.161 e. The number of hydrogen-bond donors (Lipinski definition) is 1. The molecule has 2 aromatic rings. The minimum Gasteiger partial charge on any atom is -0.493 e. The third-order valence-electron chi connectivity index (χ3n) is 2.54. The molecule has 0 fully saturated rings. The highest BCUT2D eigenvalue weighted by Gasteiger charge is 2.14. The normalized spacial score (nSPS) is 12.2. The summed E-state index contributed by atoms with van der Waals surface area (Å²) in [5.74, 6) is 1.29. The average Bonchev–Trinajstić information content (AvgIpc) is 2.90. The van der Waals surface area contributed by atoms with Crippen LogP contribution in [0, 0.1) is 0 Å². The van der Waals surface area contributed by atoms with Crippen LogP contribution in [0.1, 0.15) is 16.5 Å². The fraction of sp³-hybridized carbons (Fsp3) is 0.231. The quantitative estimate of drug-likeness (QED) is 0.906. The molecule has 17 heavy (non-hydrogen) atoms. The van der Waals surface area contributed by atoms with Crippen LogP contribution in [0.3, 0.4) is 0 Å². The lowest BCUT2D eigenvalue weighted by Gasteiger charge is -2.13. The molecule has 2 rings (SSSR count). The molecule has 1 aromatic heterocycles. The minimum absolute atomic E-state index is 0.616. The fourth-order valence-electron chi connectivity index (χ4n) is 1.63. The van der Waals surface area contributed by atoms with E-state index in [2.05, 4.69) is 0 Å². The fourth-order valence-corrected chi connectivity index (χ4v) is 2.37. The number of benzene rings is 1. The highest BCUT2D eigenvalue weighted by molar-refractivity contribution is 7.10. The van der Waals surface area contributed by atoms with Crippen molar-refractivity contribution in [2.75, 3.05) is 14.2 Å². The zero-order valence-electron chi connectivity index (χ0n) is 9.71. The summed E-state index contributed by atoms with van der Waals surface area (Å²) in [5.41, 5.74) is 0.796. The van der Waals surface area contributed by atoms with Gasteiger partial charge in [-0.3, -0.25) is 0 Å². The molecular weight excluding hydrogens is 236 g/mol. The van der Waals surface area contributed by atoms with Crippen LogP contribution in [-0.4, -0.2) is 19.3 Å². The summed E-state index contributed by atoms with van der Waals surface area (Å²) in [6, 6.07) is 9.26. The van der Waals surface area contributed by atoms with Crippen LogP contribution < -0.4 is 9.47 Å². The molecule has 0 radical (unpaired) electrons. The molecule has 0 aliphatic heterocycles. The van der Waals surface area contributed by atoms with Crippen molar-refractivity contribution in [2.45, 2.75) is 6.10 Å². The molecule has 0 spiro atoms. The maximum atomic E-state index is 10.2. The Hall–Kier alpha value is -1.52. The number of rotatable bonds is 4. The van der Waals surface area contributed by atoms with Crippen molar-refractivity contribution < 1.29 is 14.6 Å².